The molecule has 2 heterocycles. The van der Waals surface area contributed by atoms with E-state index >= 15 is 0 Å². The molecular weight excluding hydrogens is 511 g/mol. The van der Waals surface area contributed by atoms with E-state index in [4.69, 9.17) is 31.3 Å². The second kappa shape index (κ2) is 10.2. The Morgan fingerprint density at radius 3 is 2.71 bits per heavy atom. The normalized spacial score (nSPS) is 12.7. The molecule has 0 atom stereocenters. The van der Waals surface area contributed by atoms with Crippen molar-refractivity contribution in [2.24, 2.45) is 13.0 Å². The number of aryl methyl sites for hydroxylation is 1. The lowest BCUT2D eigenvalue weighted by Crippen LogP contribution is -2.33. The van der Waals surface area contributed by atoms with E-state index in [1.54, 1.807) is 48.2 Å². The molecule has 9 nitrogen and oxygen atoms in total. The van der Waals surface area contributed by atoms with Crippen molar-refractivity contribution in [2.45, 2.75) is 19.4 Å². The highest BCUT2D eigenvalue weighted by atomic mass is 35.5. The van der Waals surface area contributed by atoms with Gasteiger partial charge in [-0.2, -0.15) is 5.26 Å². The number of carbonyl (C=O) groups is 1. The fourth-order valence-electron chi connectivity index (χ4n) is 4.21. The van der Waals surface area contributed by atoms with Gasteiger partial charge in [0.25, 0.3) is 0 Å². The molecule has 1 amide bonds. The third-order valence-corrected chi connectivity index (χ3v) is 6.69. The van der Waals surface area contributed by atoms with Crippen LogP contribution in [0.2, 0.25) is 5.02 Å². The molecule has 38 heavy (non-hydrogen) atoms. The second-order valence-corrected chi connectivity index (χ2v) is 9.39. The van der Waals surface area contributed by atoms with Gasteiger partial charge in [-0.25, -0.2) is 14.4 Å². The summed E-state index contributed by atoms with van der Waals surface area (Å²) in [5.41, 5.74) is 2.03. The molecule has 5 rings (SSSR count). The summed E-state index contributed by atoms with van der Waals surface area (Å²) in [7, 11) is 4.94. The van der Waals surface area contributed by atoms with E-state index in [1.165, 1.54) is 6.07 Å². The van der Waals surface area contributed by atoms with Crippen molar-refractivity contribution in [3.05, 3.63) is 64.7 Å². The van der Waals surface area contributed by atoms with Crippen LogP contribution in [0.1, 0.15) is 24.0 Å². The van der Waals surface area contributed by atoms with Gasteiger partial charge in [-0.15, -0.1) is 0 Å². The number of nitriles is 1. The summed E-state index contributed by atoms with van der Waals surface area (Å²) in [6, 6.07) is 11.4. The molecule has 1 saturated carbocycles. The van der Waals surface area contributed by atoms with Crippen LogP contribution in [0.5, 0.6) is 11.5 Å². The molecule has 1 N–H and O–H groups in total. The van der Waals surface area contributed by atoms with Crippen LogP contribution in [-0.4, -0.2) is 34.7 Å². The number of nitrogens with one attached hydrogen (secondary N) is 1. The minimum Gasteiger partial charge on any atom is -0.497 e. The Balaban J connectivity index is 1.62. The summed E-state index contributed by atoms with van der Waals surface area (Å²) in [6.07, 6.45) is 3.22. The van der Waals surface area contributed by atoms with Gasteiger partial charge in [0.2, 0.25) is 5.91 Å². The molecule has 194 valence electrons. The summed E-state index contributed by atoms with van der Waals surface area (Å²) in [5.74, 6) is 0.891. The lowest BCUT2D eigenvalue weighted by atomic mass is 10.1. The first-order valence-electron chi connectivity index (χ1n) is 11.8. The molecule has 0 bridgehead atoms. The molecule has 1 fully saturated rings. The summed E-state index contributed by atoms with van der Waals surface area (Å²) in [6.45, 7) is 0.177. The summed E-state index contributed by atoms with van der Waals surface area (Å²) < 4.78 is 27.5. The highest BCUT2D eigenvalue weighted by Gasteiger charge is 2.36. The minimum absolute atomic E-state index is 0.0254. The van der Waals surface area contributed by atoms with E-state index in [-0.39, 0.29) is 40.5 Å². The average Bonchev–Trinajstić information content (AvgIpc) is 3.71. The molecule has 11 heteroatoms. The number of methoxy groups -OCH3 is 2. The zero-order valence-corrected chi connectivity index (χ0v) is 21.7. The van der Waals surface area contributed by atoms with Gasteiger partial charge >= 0.3 is 0 Å². The third kappa shape index (κ3) is 4.80. The van der Waals surface area contributed by atoms with Gasteiger partial charge in [0.15, 0.2) is 5.82 Å². The van der Waals surface area contributed by atoms with Crippen LogP contribution in [-0.2, 0) is 18.4 Å². The maximum absolute atomic E-state index is 14.8. The average molecular weight is 535 g/mol. The van der Waals surface area contributed by atoms with Gasteiger partial charge in [0, 0.05) is 30.7 Å². The Hall–Kier alpha value is -4.36. The molecule has 0 saturated heterocycles. The van der Waals surface area contributed by atoms with E-state index in [9.17, 15) is 9.18 Å². The number of halogens is 2. The van der Waals surface area contributed by atoms with Gasteiger partial charge < -0.3 is 19.4 Å². The fraction of sp³-hybridized carbons (Fsp3) is 0.259. The maximum Gasteiger partial charge on any atom is 0.231 e. The predicted molar refractivity (Wildman–Crippen MR) is 141 cm³/mol. The van der Waals surface area contributed by atoms with Crippen LogP contribution in [0.3, 0.4) is 0 Å². The van der Waals surface area contributed by atoms with E-state index in [0.717, 1.165) is 24.5 Å². The quantitative estimate of drug-likeness (QED) is 0.325. The standard InChI is InChI=1S/C27H24ClFN6O3/c1-34-14-31-25-21(34)11-23(32-24-19(28)8-15(12-30)9-20(24)29)33-26(25)35(27(36)16-4-5-16)13-17-6-7-18(37-2)10-22(17)38-3/h6-11,14,16H,4-5,13H2,1-3H3,(H,32,33). The van der Waals surface area contributed by atoms with Crippen molar-refractivity contribution in [1.82, 2.24) is 14.5 Å². The number of pyridine rings is 1. The zero-order valence-electron chi connectivity index (χ0n) is 21.0. The molecule has 2 aromatic heterocycles. The van der Waals surface area contributed by atoms with Crippen LogP contribution < -0.4 is 19.7 Å². The monoisotopic (exact) mass is 534 g/mol. The Morgan fingerprint density at radius 2 is 2.05 bits per heavy atom. The van der Waals surface area contributed by atoms with Gasteiger partial charge in [-0.05, 0) is 37.1 Å². The second-order valence-electron chi connectivity index (χ2n) is 8.98. The predicted octanol–water partition coefficient (Wildman–Crippen LogP) is 5.34. The Kier molecular flexibility index (Phi) is 6.78. The molecule has 2 aromatic carbocycles. The van der Waals surface area contributed by atoms with Gasteiger partial charge in [0.05, 0.1) is 55.0 Å². The van der Waals surface area contributed by atoms with Crippen LogP contribution in [0.25, 0.3) is 11.0 Å². The minimum atomic E-state index is -0.698. The van der Waals surface area contributed by atoms with E-state index < -0.39 is 5.82 Å². The first-order chi connectivity index (χ1) is 18.3. The number of benzene rings is 2. The van der Waals surface area contributed by atoms with Crippen LogP contribution in [0.15, 0.2) is 42.7 Å². The van der Waals surface area contributed by atoms with Crippen molar-refractivity contribution >= 4 is 45.9 Å². The molecule has 0 unspecified atom stereocenters. The van der Waals surface area contributed by atoms with Crippen molar-refractivity contribution in [3.63, 3.8) is 0 Å². The molecule has 1 aliphatic rings. The summed E-state index contributed by atoms with van der Waals surface area (Å²) >= 11 is 6.27. The van der Waals surface area contributed by atoms with Crippen molar-refractivity contribution in [1.29, 1.82) is 5.26 Å². The van der Waals surface area contributed by atoms with Crippen molar-refractivity contribution in [3.8, 4) is 17.6 Å². The Bertz CT molecular complexity index is 1570. The smallest absolute Gasteiger partial charge is 0.231 e. The molecular formula is C27H24ClFN6O3. The fourth-order valence-corrected chi connectivity index (χ4v) is 4.46. The SMILES string of the molecule is COc1ccc(CN(C(=O)C2CC2)c2nc(Nc3c(F)cc(C#N)cc3Cl)cc3c2ncn3C)c(OC)c1. The zero-order chi connectivity index (χ0) is 27.0. The first kappa shape index (κ1) is 25.3. The number of nitrogens with zero attached hydrogens (tertiary/aromatic N) is 5. The number of rotatable bonds is 8. The van der Waals surface area contributed by atoms with Gasteiger partial charge in [0.1, 0.15) is 28.7 Å². The van der Waals surface area contributed by atoms with E-state index in [0.29, 0.717) is 28.4 Å². The van der Waals surface area contributed by atoms with E-state index in [1.807, 2.05) is 19.2 Å². The topological polar surface area (TPSA) is 105 Å². The maximum atomic E-state index is 14.8. The highest BCUT2D eigenvalue weighted by Crippen LogP contribution is 2.38. The number of aromatic nitrogens is 3. The molecule has 1 aliphatic carbocycles. The molecule has 0 radical (unpaired) electrons. The van der Waals surface area contributed by atoms with Crippen molar-refractivity contribution < 1.29 is 18.7 Å². The summed E-state index contributed by atoms with van der Waals surface area (Å²) in [4.78, 5) is 24.4. The number of carbonyl (C=O) groups excluding carboxylic acids is 1. The molecule has 0 aliphatic heterocycles. The highest BCUT2D eigenvalue weighted by molar-refractivity contribution is 6.33. The summed E-state index contributed by atoms with van der Waals surface area (Å²) in [5, 5.41) is 12.1. The Morgan fingerprint density at radius 1 is 1.26 bits per heavy atom. The lowest BCUT2D eigenvalue weighted by molar-refractivity contribution is -0.119. The number of fused-ring (bicyclic) bond motifs is 1. The van der Waals surface area contributed by atoms with E-state index in [2.05, 4.69) is 10.3 Å². The lowest BCUT2D eigenvalue weighted by Gasteiger charge is -2.24. The van der Waals surface area contributed by atoms with Gasteiger partial charge in [-0.3, -0.25) is 9.69 Å². The van der Waals surface area contributed by atoms with Crippen LogP contribution in [0, 0.1) is 23.1 Å². The number of amides is 1. The molecule has 4 aromatic rings. The number of ether oxygens (including phenoxy) is 2. The number of anilines is 3. The van der Waals surface area contributed by atoms with Crippen LogP contribution in [0.4, 0.5) is 21.7 Å². The van der Waals surface area contributed by atoms with Crippen molar-refractivity contribution in [2.75, 3.05) is 24.4 Å². The Labute approximate surface area is 223 Å². The molecule has 0 spiro atoms. The number of imidazole rings is 1. The number of hydrogen-bond donors (Lipinski definition) is 1. The first-order valence-corrected chi connectivity index (χ1v) is 12.2. The van der Waals surface area contributed by atoms with Gasteiger partial charge in [-0.1, -0.05) is 11.6 Å². The largest absolute Gasteiger partial charge is 0.497 e. The third-order valence-electron chi connectivity index (χ3n) is 6.39. The van der Waals surface area contributed by atoms with Crippen LogP contribution >= 0.6 is 11.6 Å². The number of hydrogen-bond acceptors (Lipinski definition) is 7.